The molecule has 0 spiro atoms. The zero-order chi connectivity index (χ0) is 19.2. The van der Waals surface area contributed by atoms with Gasteiger partial charge in [0.1, 0.15) is 5.75 Å². The van der Waals surface area contributed by atoms with Crippen LogP contribution in [0.15, 0.2) is 23.2 Å². The van der Waals surface area contributed by atoms with E-state index in [2.05, 4.69) is 32.3 Å². The molecule has 1 aromatic rings. The maximum atomic E-state index is 6.19. The Bertz CT molecular complexity index is 653. The summed E-state index contributed by atoms with van der Waals surface area (Å²) in [5.74, 6) is 1.76. The molecule has 2 heterocycles. The molecule has 1 aromatic carbocycles. The van der Waals surface area contributed by atoms with Gasteiger partial charge in [-0.25, -0.2) is 0 Å². The van der Waals surface area contributed by atoms with Crippen LogP contribution in [0.3, 0.4) is 0 Å². The molecule has 2 unspecified atom stereocenters. The van der Waals surface area contributed by atoms with Gasteiger partial charge in [-0.3, -0.25) is 9.89 Å². The minimum atomic E-state index is 0.353. The van der Waals surface area contributed by atoms with Crippen molar-refractivity contribution in [1.29, 1.82) is 0 Å². The summed E-state index contributed by atoms with van der Waals surface area (Å²) in [4.78, 5) is 9.29. The molecule has 27 heavy (non-hydrogen) atoms. The Morgan fingerprint density at radius 2 is 2.19 bits per heavy atom. The van der Waals surface area contributed by atoms with Crippen LogP contribution in [-0.4, -0.2) is 69.8 Å². The fourth-order valence-corrected chi connectivity index (χ4v) is 4.32. The molecule has 3 rings (SSSR count). The monoisotopic (exact) mass is 393 g/mol. The number of benzene rings is 1. The first kappa shape index (κ1) is 20.1. The highest BCUT2D eigenvalue weighted by Crippen LogP contribution is 2.33. The average Bonchev–Trinajstić information content (AvgIpc) is 3.34. The summed E-state index contributed by atoms with van der Waals surface area (Å²) in [6, 6.07) is 6.74. The molecular weight excluding hydrogens is 362 g/mol. The van der Waals surface area contributed by atoms with Crippen LogP contribution in [0.25, 0.3) is 0 Å². The van der Waals surface area contributed by atoms with Crippen molar-refractivity contribution in [3.63, 3.8) is 0 Å². The third-order valence-electron chi connectivity index (χ3n) is 5.64. The lowest BCUT2D eigenvalue weighted by molar-refractivity contribution is 0.267. The van der Waals surface area contributed by atoms with Crippen LogP contribution in [0.1, 0.15) is 26.2 Å². The smallest absolute Gasteiger partial charge is 0.191 e. The van der Waals surface area contributed by atoms with E-state index in [4.69, 9.17) is 16.3 Å². The molecule has 2 aliphatic heterocycles. The summed E-state index contributed by atoms with van der Waals surface area (Å²) in [7, 11) is 3.54. The van der Waals surface area contributed by atoms with Gasteiger partial charge in [0.15, 0.2) is 5.96 Å². The Labute approximate surface area is 167 Å². The summed E-state index contributed by atoms with van der Waals surface area (Å²) < 4.78 is 5.50. The first-order valence-corrected chi connectivity index (χ1v) is 10.3. The first-order chi connectivity index (χ1) is 13.1. The number of methoxy groups -OCH3 is 1. The highest BCUT2D eigenvalue weighted by molar-refractivity contribution is 6.30. The summed E-state index contributed by atoms with van der Waals surface area (Å²) >= 11 is 6.19. The van der Waals surface area contributed by atoms with Gasteiger partial charge >= 0.3 is 0 Å². The molecule has 2 fully saturated rings. The molecule has 2 aliphatic rings. The van der Waals surface area contributed by atoms with Crippen LogP contribution < -0.4 is 20.3 Å². The van der Waals surface area contributed by atoms with E-state index in [1.807, 2.05) is 25.2 Å². The molecule has 0 aromatic heterocycles. The number of hydrogen-bond donors (Lipinski definition) is 2. The van der Waals surface area contributed by atoms with Crippen LogP contribution in [-0.2, 0) is 0 Å². The zero-order valence-electron chi connectivity index (χ0n) is 16.7. The van der Waals surface area contributed by atoms with E-state index in [-0.39, 0.29) is 0 Å². The summed E-state index contributed by atoms with van der Waals surface area (Å²) in [5.41, 5.74) is 1.06. The van der Waals surface area contributed by atoms with Gasteiger partial charge in [0.2, 0.25) is 0 Å². The number of anilines is 1. The third kappa shape index (κ3) is 4.99. The lowest BCUT2D eigenvalue weighted by Gasteiger charge is -2.25. The largest absolute Gasteiger partial charge is 0.495 e. The quantitative estimate of drug-likeness (QED) is 0.574. The number of aliphatic imine (C=N–C) groups is 1. The molecule has 2 saturated heterocycles. The lowest BCUT2D eigenvalue weighted by atomic mass is 10.2. The predicted octanol–water partition coefficient (Wildman–Crippen LogP) is 2.58. The standard InChI is InChI=1S/C20H32ClN5O/c1-4-25-10-5-6-17(25)13-23-20(22-2)24-16-9-11-26(14-16)18-12-15(21)7-8-19(18)27-3/h7-8,12,16-17H,4-6,9-11,13-14H2,1-3H3,(H2,22,23,24). The van der Waals surface area contributed by atoms with Crippen molar-refractivity contribution >= 4 is 23.2 Å². The topological polar surface area (TPSA) is 52.1 Å². The van der Waals surface area contributed by atoms with Gasteiger partial charge in [0.25, 0.3) is 0 Å². The zero-order valence-corrected chi connectivity index (χ0v) is 17.4. The van der Waals surface area contributed by atoms with Gasteiger partial charge in [-0.15, -0.1) is 0 Å². The van der Waals surface area contributed by atoms with Crippen molar-refractivity contribution in [2.45, 2.75) is 38.3 Å². The number of nitrogens with one attached hydrogen (secondary N) is 2. The van der Waals surface area contributed by atoms with Gasteiger partial charge < -0.3 is 20.3 Å². The minimum Gasteiger partial charge on any atom is -0.495 e. The van der Waals surface area contributed by atoms with Crippen LogP contribution in [0.4, 0.5) is 5.69 Å². The number of likely N-dealkylation sites (N-methyl/N-ethyl adjacent to an activating group) is 1. The van der Waals surface area contributed by atoms with E-state index < -0.39 is 0 Å². The Hall–Kier alpha value is -1.66. The number of halogens is 1. The molecule has 0 radical (unpaired) electrons. The first-order valence-electron chi connectivity index (χ1n) is 9.94. The molecule has 2 N–H and O–H groups in total. The number of likely N-dealkylation sites (tertiary alicyclic amines) is 1. The molecule has 2 atom stereocenters. The number of rotatable bonds is 6. The van der Waals surface area contributed by atoms with Crippen LogP contribution in [0.5, 0.6) is 5.75 Å². The third-order valence-corrected chi connectivity index (χ3v) is 5.88. The van der Waals surface area contributed by atoms with Crippen LogP contribution in [0, 0.1) is 0 Å². The van der Waals surface area contributed by atoms with Crippen LogP contribution in [0.2, 0.25) is 5.02 Å². The van der Waals surface area contributed by atoms with Crippen molar-refractivity contribution < 1.29 is 4.74 Å². The molecule has 0 amide bonds. The van der Waals surface area contributed by atoms with E-state index in [1.54, 1.807) is 7.11 Å². The van der Waals surface area contributed by atoms with Crippen molar-refractivity contribution in [2.75, 3.05) is 51.8 Å². The highest BCUT2D eigenvalue weighted by atomic mass is 35.5. The van der Waals surface area contributed by atoms with Gasteiger partial charge in [0, 0.05) is 43.8 Å². The molecule has 0 saturated carbocycles. The second kappa shape index (κ2) is 9.51. The van der Waals surface area contributed by atoms with E-state index in [1.165, 1.54) is 19.4 Å². The Kier molecular flexibility index (Phi) is 7.07. The Balaban J connectivity index is 1.53. The molecule has 150 valence electrons. The summed E-state index contributed by atoms with van der Waals surface area (Å²) in [6.07, 6.45) is 3.62. The van der Waals surface area contributed by atoms with Crippen molar-refractivity contribution in [3.8, 4) is 5.75 Å². The van der Waals surface area contributed by atoms with E-state index in [0.717, 1.165) is 55.0 Å². The van der Waals surface area contributed by atoms with Crippen molar-refractivity contribution in [3.05, 3.63) is 23.2 Å². The maximum absolute atomic E-state index is 6.19. The normalized spacial score (nSPS) is 23.7. The lowest BCUT2D eigenvalue weighted by Crippen LogP contribution is -2.48. The second-order valence-corrected chi connectivity index (χ2v) is 7.71. The number of hydrogen-bond acceptors (Lipinski definition) is 4. The molecule has 0 bridgehead atoms. The Morgan fingerprint density at radius 1 is 1.33 bits per heavy atom. The minimum absolute atomic E-state index is 0.353. The number of nitrogens with zero attached hydrogens (tertiary/aromatic N) is 3. The van der Waals surface area contributed by atoms with Gasteiger partial charge in [0.05, 0.1) is 12.8 Å². The van der Waals surface area contributed by atoms with Crippen molar-refractivity contribution in [2.24, 2.45) is 4.99 Å². The fraction of sp³-hybridized carbons (Fsp3) is 0.650. The molecule has 7 heteroatoms. The van der Waals surface area contributed by atoms with Crippen LogP contribution >= 0.6 is 11.6 Å². The summed E-state index contributed by atoms with van der Waals surface area (Å²) in [5, 5.41) is 7.83. The van der Waals surface area contributed by atoms with E-state index >= 15 is 0 Å². The summed E-state index contributed by atoms with van der Waals surface area (Å²) in [6.45, 7) is 7.40. The molecule has 0 aliphatic carbocycles. The number of guanidine groups is 1. The molecule has 6 nitrogen and oxygen atoms in total. The second-order valence-electron chi connectivity index (χ2n) is 7.27. The van der Waals surface area contributed by atoms with Crippen molar-refractivity contribution in [1.82, 2.24) is 15.5 Å². The maximum Gasteiger partial charge on any atom is 0.191 e. The number of ether oxygens (including phenoxy) is 1. The van der Waals surface area contributed by atoms with E-state index in [0.29, 0.717) is 12.1 Å². The predicted molar refractivity (Wildman–Crippen MR) is 113 cm³/mol. The van der Waals surface area contributed by atoms with Gasteiger partial charge in [-0.05, 0) is 50.6 Å². The van der Waals surface area contributed by atoms with E-state index in [9.17, 15) is 0 Å². The fourth-order valence-electron chi connectivity index (χ4n) is 4.15. The van der Waals surface area contributed by atoms with Gasteiger partial charge in [-0.1, -0.05) is 18.5 Å². The average molecular weight is 394 g/mol. The SMILES string of the molecule is CCN1CCCC1CNC(=NC)NC1CCN(c2cc(Cl)ccc2OC)C1. The van der Waals surface area contributed by atoms with Gasteiger partial charge in [-0.2, -0.15) is 0 Å². The highest BCUT2D eigenvalue weighted by Gasteiger charge is 2.27. The molecular formula is C20H32ClN5O. The Morgan fingerprint density at radius 3 is 2.93 bits per heavy atom.